The SMILES string of the molecule is CC(C)(C)OC(=O)Nc1noc2cc(Br)ccc12.Cc1ccc2c(NC(=O)OC(C)(C)C)noc2c1.Cc1ccc2c(NC(=O)OC(C)(C)C)noc2c1.Cc1noc2cc(-c3nn(CCCCN)c4ncnc(N)c34)ccc12.NCCCCn1nc(-c2ccc3c(N)noc3c2)c2c(N)ncnc21.NCCCCn1nc(I)c2c(N)ncnc21.O=C(O)C(F)(F)F. The zero-order valence-electron chi connectivity index (χ0n) is 71.3. The molecule has 0 fully saturated rings. The smallest absolute Gasteiger partial charge is 0.475 e. The summed E-state index contributed by atoms with van der Waals surface area (Å²) >= 11 is 5.48. The van der Waals surface area contributed by atoms with E-state index in [2.05, 4.69) is 115 Å². The molecule has 0 spiro atoms. The van der Waals surface area contributed by atoms with Crippen LogP contribution in [0.4, 0.5) is 68.3 Å². The molecule has 16 aromatic rings. The number of carboxylic acid groups (broad SMARTS) is 1. The molecule has 0 saturated carbocycles. The minimum atomic E-state index is -5.08. The van der Waals surface area contributed by atoms with Crippen LogP contribution >= 0.6 is 38.5 Å². The Morgan fingerprint density at radius 3 is 1.16 bits per heavy atom. The molecule has 40 nitrogen and oxygen atoms in total. The standard InChI is InChI=1S/C17H19N7O.C16H18N8O.2C13H16N2O3.C12H13BrN2O3.C9H13IN6.C2HF3O2/c1-10-12-5-4-11(8-13(12)25-23-10)15-14-16(19)20-9-21-17(14)24(22-15)7-3-2-6-18;17-5-1-2-6-24-16-12(15(19)20-8-21-16)13(22-24)9-3-4-10-11(7-9)25-23-14(10)18;2*1-8-5-6-9-10(7-8)18-15-11(9)14-12(16)17-13(2,3)4;1-12(2,3)17-11(16)14-10-8-5-4-7(13)6-9(8)18-15-10;10-7-6-8(12)13-5-14-9(6)16(15-7)4-2-1-3-11;3-2(4,5)1(6)7/h4-5,8-9H,2-3,6-7,18H2,1H3,(H2,19,20,21);3-4,7-8H,1-2,5-6,17H2,(H2,18,23)(H2,19,20,21);2*5-7H,1-4H3,(H,14,15,16);4-6H,1-3H3,(H,14,15,16);5H,1-4,11H2,(H2,12,13,14);(H,6,7). The Bertz CT molecular complexity index is 6100. The summed E-state index contributed by atoms with van der Waals surface area (Å²) in [5.41, 5.74) is 50.4. The first-order valence-electron chi connectivity index (χ1n) is 39.4. The van der Waals surface area contributed by atoms with Crippen molar-refractivity contribution < 1.29 is 74.3 Å². The second-order valence-corrected chi connectivity index (χ2v) is 33.1. The molecule has 0 aliphatic heterocycles. The molecule has 0 saturated heterocycles. The number of amides is 3. The third-order valence-corrected chi connectivity index (χ3v) is 18.8. The summed E-state index contributed by atoms with van der Waals surface area (Å²) < 4.78 is 80.5. The van der Waals surface area contributed by atoms with Crippen molar-refractivity contribution in [2.24, 2.45) is 17.2 Å². The van der Waals surface area contributed by atoms with Gasteiger partial charge in [0, 0.05) is 40.6 Å². The highest BCUT2D eigenvalue weighted by Gasteiger charge is 2.38. The highest BCUT2D eigenvalue weighted by Crippen LogP contribution is 2.37. The van der Waals surface area contributed by atoms with Crippen molar-refractivity contribution in [3.63, 3.8) is 0 Å². The largest absolute Gasteiger partial charge is 0.490 e. The van der Waals surface area contributed by atoms with Gasteiger partial charge in [-0.1, -0.05) is 66.0 Å². The number of nitrogen functional groups attached to an aromatic ring is 4. The van der Waals surface area contributed by atoms with E-state index >= 15 is 0 Å². The van der Waals surface area contributed by atoms with Gasteiger partial charge in [-0.05, 0) is 242 Å². The van der Waals surface area contributed by atoms with Crippen LogP contribution in [-0.2, 0) is 38.6 Å². The zero-order valence-corrected chi connectivity index (χ0v) is 75.0. The Balaban J connectivity index is 0.000000158. The van der Waals surface area contributed by atoms with E-state index in [9.17, 15) is 27.6 Å². The Labute approximate surface area is 743 Å². The molecule has 45 heteroatoms. The van der Waals surface area contributed by atoms with Gasteiger partial charge in [-0.25, -0.2) is 63.1 Å². The molecule has 16 rings (SSSR count). The fourth-order valence-electron chi connectivity index (χ4n) is 11.9. The van der Waals surface area contributed by atoms with E-state index < -0.39 is 47.2 Å². The van der Waals surface area contributed by atoms with Crippen LogP contribution in [-0.4, -0.2) is 157 Å². The molecular weight excluding hydrogens is 1830 g/mol. The minimum Gasteiger partial charge on any atom is -0.475 e. The second kappa shape index (κ2) is 42.0. The number of rotatable bonds is 17. The first kappa shape index (κ1) is 95.7. The van der Waals surface area contributed by atoms with Crippen molar-refractivity contribution in [3.05, 3.63) is 135 Å². The van der Waals surface area contributed by atoms with Crippen LogP contribution in [0.15, 0.2) is 137 Å². The molecule has 5 aromatic carbocycles. The first-order chi connectivity index (χ1) is 60.1. The number of nitrogens with two attached hydrogens (primary N) is 7. The van der Waals surface area contributed by atoms with Crippen molar-refractivity contribution in [1.29, 1.82) is 0 Å². The number of ether oxygens (including phenoxy) is 3. The molecule has 11 aromatic heterocycles. The number of halogens is 5. The fourth-order valence-corrected chi connectivity index (χ4v) is 13.0. The molecule has 11 heterocycles. The molecule has 127 heavy (non-hydrogen) atoms. The van der Waals surface area contributed by atoms with Gasteiger partial charge >= 0.3 is 30.4 Å². The van der Waals surface area contributed by atoms with E-state index in [4.69, 9.17) is 97.1 Å². The van der Waals surface area contributed by atoms with E-state index in [1.165, 1.54) is 19.0 Å². The zero-order chi connectivity index (χ0) is 92.4. The number of fused-ring (bicyclic) bond motifs is 8. The minimum absolute atomic E-state index is 0.353. The number of nitrogens with zero attached hydrogens (tertiary/aromatic N) is 17. The normalized spacial score (nSPS) is 11.5. The third-order valence-electron chi connectivity index (χ3n) is 17.6. The lowest BCUT2D eigenvalue weighted by Gasteiger charge is -2.19. The van der Waals surface area contributed by atoms with Crippen molar-refractivity contribution in [3.8, 4) is 22.5 Å². The lowest BCUT2D eigenvalue weighted by atomic mass is 10.1. The van der Waals surface area contributed by atoms with Crippen molar-refractivity contribution in [2.45, 2.75) is 164 Å². The predicted octanol–water partition coefficient (Wildman–Crippen LogP) is 16.1. The third kappa shape index (κ3) is 25.8. The Morgan fingerprint density at radius 2 is 0.764 bits per heavy atom. The van der Waals surface area contributed by atoms with E-state index in [0.29, 0.717) is 101 Å². The topological polar surface area (TPSA) is 595 Å². The summed E-state index contributed by atoms with van der Waals surface area (Å²) in [6.45, 7) is 26.3. The molecule has 672 valence electrons. The maximum Gasteiger partial charge on any atom is 0.490 e. The Kier molecular flexibility index (Phi) is 31.6. The number of hydrogen-bond donors (Lipinski definition) is 11. The number of nitrogens with one attached hydrogen (secondary N) is 3. The van der Waals surface area contributed by atoms with Gasteiger partial charge in [0.15, 0.2) is 68.1 Å². The van der Waals surface area contributed by atoms with Gasteiger partial charge in [-0.2, -0.15) is 28.5 Å². The number of aromatic nitrogens is 17. The van der Waals surface area contributed by atoms with Crippen LogP contribution in [0.5, 0.6) is 0 Å². The summed E-state index contributed by atoms with van der Waals surface area (Å²) in [5, 5.41) is 54.2. The average molecular weight is 1930 g/mol. The average Bonchev–Trinajstić information content (AvgIpc) is 1.62. The van der Waals surface area contributed by atoms with Gasteiger partial charge in [0.2, 0.25) is 0 Å². The van der Waals surface area contributed by atoms with Crippen molar-refractivity contribution >= 4 is 191 Å². The maximum atomic E-state index is 11.6. The van der Waals surface area contributed by atoms with E-state index in [-0.39, 0.29) is 0 Å². The highest BCUT2D eigenvalue weighted by molar-refractivity contribution is 14.1. The Hall–Kier alpha value is -13.5. The molecule has 0 bridgehead atoms. The van der Waals surface area contributed by atoms with Gasteiger partial charge in [-0.15, -0.1) is 0 Å². The number of unbranched alkanes of at least 4 members (excludes halogenated alkanes) is 3. The molecule has 0 unspecified atom stereocenters. The molecule has 0 aliphatic carbocycles. The van der Waals surface area contributed by atoms with Crippen LogP contribution in [0.3, 0.4) is 0 Å². The van der Waals surface area contributed by atoms with E-state index in [0.717, 1.165) is 153 Å². The van der Waals surface area contributed by atoms with E-state index in [1.807, 2.05) is 120 Å². The molecule has 18 N–H and O–H groups in total. The number of aryl methyl sites for hydroxylation is 6. The van der Waals surface area contributed by atoms with Crippen LogP contribution in [0, 0.1) is 24.5 Å². The fraction of sp³-hybridized carbons (Fsp3) is 0.341. The number of aliphatic carboxylic acids is 1. The number of carboxylic acids is 1. The highest BCUT2D eigenvalue weighted by atomic mass is 127. The summed E-state index contributed by atoms with van der Waals surface area (Å²) in [4.78, 5) is 68.9. The lowest BCUT2D eigenvalue weighted by Crippen LogP contribution is -2.27. The van der Waals surface area contributed by atoms with Gasteiger partial charge in [-0.3, -0.25) is 16.0 Å². The summed E-state index contributed by atoms with van der Waals surface area (Å²) in [6, 6.07) is 28.2. The molecular formula is C82H96BrF3IN27O13. The number of anilines is 7. The summed E-state index contributed by atoms with van der Waals surface area (Å²) in [7, 11) is 0. The predicted molar refractivity (Wildman–Crippen MR) is 484 cm³/mol. The number of carbonyl (C=O) groups excluding carboxylic acids is 3. The van der Waals surface area contributed by atoms with Gasteiger partial charge in [0.1, 0.15) is 68.3 Å². The molecule has 0 atom stereocenters. The van der Waals surface area contributed by atoms with Crippen LogP contribution < -0.4 is 56.1 Å². The quantitative estimate of drug-likeness (QED) is 0.0229. The summed E-state index contributed by atoms with van der Waals surface area (Å²) in [5.74, 6) is -0.0000261. The van der Waals surface area contributed by atoms with Crippen LogP contribution in [0.2, 0.25) is 0 Å². The Morgan fingerprint density at radius 1 is 0.433 bits per heavy atom. The second-order valence-electron chi connectivity index (χ2n) is 31.2. The van der Waals surface area contributed by atoms with Crippen LogP contribution in [0.25, 0.3) is 110 Å². The first-order valence-corrected chi connectivity index (χ1v) is 41.2. The summed E-state index contributed by atoms with van der Waals surface area (Å²) in [6.07, 6.45) is 3.32. The van der Waals surface area contributed by atoms with Crippen molar-refractivity contribution in [2.75, 3.05) is 58.5 Å². The van der Waals surface area contributed by atoms with Gasteiger partial charge in [0.05, 0.1) is 43.4 Å². The monoisotopic (exact) mass is 1930 g/mol. The number of benzene rings is 5. The number of alkyl halides is 3. The van der Waals surface area contributed by atoms with Crippen LogP contribution in [0.1, 0.15) is 118 Å². The lowest BCUT2D eigenvalue weighted by molar-refractivity contribution is -0.192. The van der Waals surface area contributed by atoms with E-state index in [1.54, 1.807) is 68.4 Å². The van der Waals surface area contributed by atoms with Crippen molar-refractivity contribution in [1.82, 2.24) is 85.0 Å². The number of hydrogen-bond acceptors (Lipinski definition) is 33. The van der Waals surface area contributed by atoms with Gasteiger partial charge in [0.25, 0.3) is 0 Å². The molecule has 3 amide bonds. The maximum absolute atomic E-state index is 11.6. The molecule has 0 radical (unpaired) electrons. The molecule has 0 aliphatic rings. The number of carbonyl (C=O) groups is 4. The van der Waals surface area contributed by atoms with Gasteiger partial charge < -0.3 is 82.1 Å².